The standard InChI is InChI=1S/C15H15N3O4/c1-17-7-11-12(16-17)8-18(13(11)14(19)20)15(21)22-9-10-5-3-2-4-6-10/h2-7,13H,8-9H2,1H3,(H,19,20). The molecule has 0 radical (unpaired) electrons. The SMILES string of the molecule is Cn1cc2c(n1)CN(C(=O)OCc1ccccc1)C2C(=O)O. The van der Waals surface area contributed by atoms with Crippen LogP contribution in [-0.4, -0.2) is 31.8 Å². The molecule has 7 nitrogen and oxygen atoms in total. The number of aromatic nitrogens is 2. The predicted octanol–water partition coefficient (Wildman–Crippen LogP) is 1.70. The number of carbonyl (C=O) groups is 2. The molecule has 2 heterocycles. The number of carboxylic acids is 1. The van der Waals surface area contributed by atoms with Crippen molar-refractivity contribution in [2.45, 2.75) is 19.2 Å². The smallest absolute Gasteiger partial charge is 0.411 e. The molecular formula is C15H15N3O4. The third-order valence-corrected chi connectivity index (χ3v) is 3.54. The van der Waals surface area contributed by atoms with Crippen LogP contribution in [0.15, 0.2) is 36.5 Å². The highest BCUT2D eigenvalue weighted by molar-refractivity contribution is 5.83. The highest BCUT2D eigenvalue weighted by atomic mass is 16.6. The van der Waals surface area contributed by atoms with E-state index in [1.165, 1.54) is 4.90 Å². The Hall–Kier alpha value is -2.83. The second kappa shape index (κ2) is 5.51. The number of hydrogen-bond donors (Lipinski definition) is 1. The molecule has 2 aromatic rings. The van der Waals surface area contributed by atoms with Crippen molar-refractivity contribution < 1.29 is 19.4 Å². The zero-order valence-corrected chi connectivity index (χ0v) is 12.0. The number of benzene rings is 1. The van der Waals surface area contributed by atoms with Crippen LogP contribution in [-0.2, 0) is 29.7 Å². The number of carboxylic acid groups (broad SMARTS) is 1. The predicted molar refractivity (Wildman–Crippen MR) is 75.8 cm³/mol. The van der Waals surface area contributed by atoms with E-state index in [9.17, 15) is 14.7 Å². The Morgan fingerprint density at radius 1 is 1.36 bits per heavy atom. The summed E-state index contributed by atoms with van der Waals surface area (Å²) in [7, 11) is 1.72. The van der Waals surface area contributed by atoms with Gasteiger partial charge in [0.25, 0.3) is 0 Å². The van der Waals surface area contributed by atoms with Gasteiger partial charge in [0.05, 0.1) is 12.2 Å². The number of ether oxygens (including phenoxy) is 1. The first kappa shape index (κ1) is 14.1. The van der Waals surface area contributed by atoms with Crippen LogP contribution in [0.3, 0.4) is 0 Å². The van der Waals surface area contributed by atoms with Gasteiger partial charge in [0, 0.05) is 18.8 Å². The van der Waals surface area contributed by atoms with Crippen molar-refractivity contribution in [3.05, 3.63) is 53.3 Å². The average Bonchev–Trinajstić information content (AvgIpc) is 3.01. The van der Waals surface area contributed by atoms with Gasteiger partial charge in [0.15, 0.2) is 6.04 Å². The van der Waals surface area contributed by atoms with Gasteiger partial charge >= 0.3 is 12.1 Å². The molecule has 0 saturated heterocycles. The lowest BCUT2D eigenvalue weighted by Crippen LogP contribution is -2.34. The van der Waals surface area contributed by atoms with Crippen molar-refractivity contribution in [1.82, 2.24) is 14.7 Å². The van der Waals surface area contributed by atoms with Crippen LogP contribution in [0.5, 0.6) is 0 Å². The van der Waals surface area contributed by atoms with Crippen LogP contribution >= 0.6 is 0 Å². The van der Waals surface area contributed by atoms with Crippen molar-refractivity contribution >= 4 is 12.1 Å². The Morgan fingerprint density at radius 3 is 2.77 bits per heavy atom. The molecule has 1 aromatic heterocycles. The maximum absolute atomic E-state index is 12.2. The Labute approximate surface area is 126 Å². The molecule has 1 atom stereocenters. The van der Waals surface area contributed by atoms with Gasteiger partial charge in [-0.25, -0.2) is 9.59 Å². The second-order valence-corrected chi connectivity index (χ2v) is 5.11. The van der Waals surface area contributed by atoms with Gasteiger partial charge in [0.2, 0.25) is 0 Å². The molecule has 0 bridgehead atoms. The van der Waals surface area contributed by atoms with Gasteiger partial charge in [-0.3, -0.25) is 9.58 Å². The average molecular weight is 301 g/mol. The Balaban J connectivity index is 1.72. The highest BCUT2D eigenvalue weighted by Crippen LogP contribution is 2.33. The number of carbonyl (C=O) groups excluding carboxylic acids is 1. The summed E-state index contributed by atoms with van der Waals surface area (Å²) >= 11 is 0. The summed E-state index contributed by atoms with van der Waals surface area (Å²) < 4.78 is 6.76. The van der Waals surface area contributed by atoms with E-state index in [4.69, 9.17) is 4.74 Å². The van der Waals surface area contributed by atoms with Gasteiger partial charge in [-0.2, -0.15) is 5.10 Å². The molecule has 1 aromatic carbocycles. The topological polar surface area (TPSA) is 84.7 Å². The number of hydrogen-bond acceptors (Lipinski definition) is 4. The zero-order valence-electron chi connectivity index (χ0n) is 12.0. The molecule has 1 unspecified atom stereocenters. The minimum atomic E-state index is -1.09. The monoisotopic (exact) mass is 301 g/mol. The van der Waals surface area contributed by atoms with Crippen LogP contribution < -0.4 is 0 Å². The van der Waals surface area contributed by atoms with Crippen molar-refractivity contribution in [3.63, 3.8) is 0 Å². The number of amides is 1. The normalized spacial score (nSPS) is 16.4. The minimum absolute atomic E-state index is 0.105. The van der Waals surface area contributed by atoms with Gasteiger partial charge < -0.3 is 9.84 Å². The molecule has 7 heteroatoms. The fourth-order valence-electron chi connectivity index (χ4n) is 2.56. The molecule has 0 spiro atoms. The van der Waals surface area contributed by atoms with E-state index < -0.39 is 18.1 Å². The molecule has 1 aliphatic heterocycles. The van der Waals surface area contributed by atoms with E-state index in [0.717, 1.165) is 5.56 Å². The number of fused-ring (bicyclic) bond motifs is 1. The summed E-state index contributed by atoms with van der Waals surface area (Å²) in [4.78, 5) is 24.9. The molecule has 1 aliphatic rings. The number of aliphatic carboxylic acids is 1. The molecule has 22 heavy (non-hydrogen) atoms. The van der Waals surface area contributed by atoms with Crippen LogP contribution in [0.25, 0.3) is 0 Å². The summed E-state index contributed by atoms with van der Waals surface area (Å²) in [6.45, 7) is 0.245. The van der Waals surface area contributed by atoms with Gasteiger partial charge in [-0.05, 0) is 5.56 Å². The summed E-state index contributed by atoms with van der Waals surface area (Å²) in [5.74, 6) is -1.09. The van der Waals surface area contributed by atoms with Crippen LogP contribution in [0, 0.1) is 0 Å². The van der Waals surface area contributed by atoms with Gasteiger partial charge in [0.1, 0.15) is 6.61 Å². The molecule has 3 rings (SSSR count). The van der Waals surface area contributed by atoms with Crippen molar-refractivity contribution in [2.24, 2.45) is 7.05 Å². The molecule has 1 amide bonds. The maximum atomic E-state index is 12.2. The fraction of sp³-hybridized carbons (Fsp3) is 0.267. The van der Waals surface area contributed by atoms with E-state index in [-0.39, 0.29) is 13.2 Å². The minimum Gasteiger partial charge on any atom is -0.479 e. The second-order valence-electron chi connectivity index (χ2n) is 5.11. The highest BCUT2D eigenvalue weighted by Gasteiger charge is 2.41. The largest absolute Gasteiger partial charge is 0.479 e. The molecular weight excluding hydrogens is 286 g/mol. The molecule has 114 valence electrons. The van der Waals surface area contributed by atoms with Crippen molar-refractivity contribution in [3.8, 4) is 0 Å². The van der Waals surface area contributed by atoms with E-state index in [1.54, 1.807) is 17.9 Å². The Bertz CT molecular complexity index is 711. The van der Waals surface area contributed by atoms with E-state index in [0.29, 0.717) is 11.3 Å². The van der Waals surface area contributed by atoms with E-state index >= 15 is 0 Å². The van der Waals surface area contributed by atoms with Crippen molar-refractivity contribution in [2.75, 3.05) is 0 Å². The van der Waals surface area contributed by atoms with E-state index in [1.807, 2.05) is 30.3 Å². The third kappa shape index (κ3) is 2.52. The fourth-order valence-corrected chi connectivity index (χ4v) is 2.56. The molecule has 1 N–H and O–H groups in total. The van der Waals surface area contributed by atoms with Crippen molar-refractivity contribution in [1.29, 1.82) is 0 Å². The van der Waals surface area contributed by atoms with Crippen LogP contribution in [0.2, 0.25) is 0 Å². The first-order chi connectivity index (χ1) is 10.6. The van der Waals surface area contributed by atoms with Gasteiger partial charge in [-0.1, -0.05) is 30.3 Å². The lowest BCUT2D eigenvalue weighted by Gasteiger charge is -2.21. The Kier molecular flexibility index (Phi) is 3.54. The summed E-state index contributed by atoms with van der Waals surface area (Å²) in [6.07, 6.45) is 0.968. The summed E-state index contributed by atoms with van der Waals surface area (Å²) in [5, 5.41) is 13.6. The van der Waals surface area contributed by atoms with Crippen LogP contribution in [0.1, 0.15) is 22.9 Å². The quantitative estimate of drug-likeness (QED) is 0.932. The summed E-state index contributed by atoms with van der Waals surface area (Å²) in [6, 6.07) is 8.18. The third-order valence-electron chi connectivity index (χ3n) is 3.54. The lowest BCUT2D eigenvalue weighted by molar-refractivity contribution is -0.142. The molecule has 0 saturated carbocycles. The zero-order chi connectivity index (χ0) is 15.7. The van der Waals surface area contributed by atoms with E-state index in [2.05, 4.69) is 5.10 Å². The number of aryl methyl sites for hydroxylation is 1. The van der Waals surface area contributed by atoms with Crippen LogP contribution in [0.4, 0.5) is 4.79 Å². The summed E-state index contributed by atoms with van der Waals surface area (Å²) in [5.41, 5.74) is 1.97. The first-order valence-electron chi connectivity index (χ1n) is 6.79. The maximum Gasteiger partial charge on any atom is 0.411 e. The Morgan fingerprint density at radius 2 is 2.09 bits per heavy atom. The first-order valence-corrected chi connectivity index (χ1v) is 6.79. The lowest BCUT2D eigenvalue weighted by atomic mass is 10.1. The number of nitrogens with zero attached hydrogens (tertiary/aromatic N) is 3. The molecule has 0 fully saturated rings. The number of rotatable bonds is 3. The molecule has 0 aliphatic carbocycles. The van der Waals surface area contributed by atoms with Gasteiger partial charge in [-0.15, -0.1) is 0 Å².